The zero-order valence-corrected chi connectivity index (χ0v) is 18.4. The van der Waals surface area contributed by atoms with Crippen molar-refractivity contribution in [1.82, 2.24) is 10.3 Å². The minimum absolute atomic E-state index is 0.208. The van der Waals surface area contributed by atoms with E-state index in [1.807, 2.05) is 24.7 Å². The van der Waals surface area contributed by atoms with Crippen LogP contribution in [-0.2, 0) is 0 Å². The topological polar surface area (TPSA) is 84.9 Å². The van der Waals surface area contributed by atoms with Crippen LogP contribution in [0.15, 0.2) is 95.4 Å². The van der Waals surface area contributed by atoms with Gasteiger partial charge in [0.1, 0.15) is 12.4 Å². The number of amidine groups is 1. The molecule has 1 unspecified atom stereocenters. The predicted octanol–water partition coefficient (Wildman–Crippen LogP) is 4.17. The minimum Gasteiger partial charge on any atom is -0.490 e. The van der Waals surface area contributed by atoms with E-state index < -0.39 is 0 Å². The molecule has 0 spiro atoms. The number of ether oxygens (including phenoxy) is 1. The van der Waals surface area contributed by atoms with E-state index in [0.29, 0.717) is 31.9 Å². The van der Waals surface area contributed by atoms with Gasteiger partial charge in [0.05, 0.1) is 18.6 Å². The van der Waals surface area contributed by atoms with Gasteiger partial charge in [-0.3, -0.25) is 15.0 Å². The summed E-state index contributed by atoms with van der Waals surface area (Å²) in [6, 6.07) is 1.79. The van der Waals surface area contributed by atoms with Crippen molar-refractivity contribution in [2.24, 2.45) is 15.7 Å². The number of nitrogens with one attached hydrogen (secondary N) is 1. The number of allylic oxidation sites excluding steroid dienone is 7. The molecule has 6 heteroatoms. The number of hydrogen-bond donors (Lipinski definition) is 2. The lowest BCUT2D eigenvalue weighted by Crippen LogP contribution is -2.36. The van der Waals surface area contributed by atoms with Crippen molar-refractivity contribution in [2.75, 3.05) is 19.7 Å². The van der Waals surface area contributed by atoms with Crippen LogP contribution in [0.1, 0.15) is 24.8 Å². The molecule has 2 aliphatic rings. The Morgan fingerprint density at radius 2 is 2.16 bits per heavy atom. The van der Waals surface area contributed by atoms with E-state index in [4.69, 9.17) is 10.5 Å². The Bertz CT molecular complexity index is 997. The summed E-state index contributed by atoms with van der Waals surface area (Å²) >= 11 is 0. The van der Waals surface area contributed by atoms with Crippen molar-refractivity contribution < 1.29 is 4.74 Å². The first-order chi connectivity index (χ1) is 15.7. The summed E-state index contributed by atoms with van der Waals surface area (Å²) in [6.07, 6.45) is 21.8. The van der Waals surface area contributed by atoms with Crippen LogP contribution < -0.4 is 15.8 Å². The molecule has 2 heterocycles. The molecule has 6 nitrogen and oxygen atoms in total. The van der Waals surface area contributed by atoms with Crippen molar-refractivity contribution in [3.63, 3.8) is 0 Å². The Morgan fingerprint density at radius 1 is 1.25 bits per heavy atom. The van der Waals surface area contributed by atoms with Gasteiger partial charge in [-0.1, -0.05) is 29.9 Å². The smallest absolute Gasteiger partial charge is 0.138 e. The summed E-state index contributed by atoms with van der Waals surface area (Å²) < 4.78 is 5.96. The monoisotopic (exact) mass is 429 g/mol. The number of hydrogen-bond acceptors (Lipinski definition) is 5. The zero-order chi connectivity index (χ0) is 22.6. The molecule has 0 fully saturated rings. The highest BCUT2D eigenvalue weighted by Gasteiger charge is 2.11. The Morgan fingerprint density at radius 3 is 3.00 bits per heavy atom. The number of aromatic nitrogens is 1. The van der Waals surface area contributed by atoms with E-state index in [0.717, 1.165) is 29.8 Å². The summed E-state index contributed by atoms with van der Waals surface area (Å²) in [5.74, 6) is 1.51. The van der Waals surface area contributed by atoms with Crippen molar-refractivity contribution in [1.29, 1.82) is 0 Å². The Kier molecular flexibility index (Phi) is 8.95. The van der Waals surface area contributed by atoms with Gasteiger partial charge in [-0.2, -0.15) is 0 Å². The number of nitrogens with zero attached hydrogens (tertiary/aromatic N) is 3. The number of nitrogens with two attached hydrogens (primary N) is 1. The second-order valence-electron chi connectivity index (χ2n) is 7.55. The van der Waals surface area contributed by atoms with Gasteiger partial charge in [-0.05, 0) is 35.8 Å². The third-order valence-corrected chi connectivity index (χ3v) is 4.99. The molecule has 1 aromatic rings. The highest BCUT2D eigenvalue weighted by atomic mass is 16.5. The first kappa shape index (κ1) is 23.2. The number of aliphatic imine (C=N–C) groups is 2. The molecule has 1 aliphatic heterocycles. The summed E-state index contributed by atoms with van der Waals surface area (Å²) in [5.41, 5.74) is 10.9. The molecule has 0 saturated heterocycles. The maximum atomic E-state index is 6.29. The molecule has 0 radical (unpaired) electrons. The minimum atomic E-state index is -0.208. The van der Waals surface area contributed by atoms with Crippen LogP contribution in [0.5, 0.6) is 5.75 Å². The quantitative estimate of drug-likeness (QED) is 0.332. The van der Waals surface area contributed by atoms with Crippen LogP contribution in [0, 0.1) is 0 Å². The fraction of sp³-hybridized carbons (Fsp3) is 0.269. The van der Waals surface area contributed by atoms with Gasteiger partial charge in [0.25, 0.3) is 0 Å². The van der Waals surface area contributed by atoms with Gasteiger partial charge in [0, 0.05) is 49.6 Å². The van der Waals surface area contributed by atoms with Crippen LogP contribution in [0.25, 0.3) is 5.57 Å². The molecule has 0 bridgehead atoms. The second-order valence-corrected chi connectivity index (χ2v) is 7.55. The predicted molar refractivity (Wildman–Crippen MR) is 134 cm³/mol. The lowest BCUT2D eigenvalue weighted by atomic mass is 10.0. The Labute approximate surface area is 190 Å². The van der Waals surface area contributed by atoms with Crippen LogP contribution in [0.3, 0.4) is 0 Å². The average Bonchev–Trinajstić information content (AvgIpc) is 3.15. The molecule has 1 aromatic heterocycles. The average molecular weight is 430 g/mol. The van der Waals surface area contributed by atoms with E-state index in [9.17, 15) is 0 Å². The molecule has 3 N–H and O–H groups in total. The summed E-state index contributed by atoms with van der Waals surface area (Å²) in [5, 5.41) is 3.22. The highest BCUT2D eigenvalue weighted by Crippen LogP contribution is 2.28. The standard InChI is InChI=1S/C26H31N5O/c1-3-10-30-26(31-11-4-2)16-24(27)19-32-25-15-23(17-29-18-25)21-7-5-6-20-8-12-28-13-9-22(20)14-21/h3-5,7,9,12-15,17-18,24H,1-2,6,8,10-11,16,19,27H2,(H,30,31). The number of rotatable bonds is 10. The van der Waals surface area contributed by atoms with Gasteiger partial charge in [0.2, 0.25) is 0 Å². The molecular weight excluding hydrogens is 398 g/mol. The van der Waals surface area contributed by atoms with E-state index in [-0.39, 0.29) is 6.04 Å². The molecule has 0 aromatic carbocycles. The zero-order valence-electron chi connectivity index (χ0n) is 18.4. The van der Waals surface area contributed by atoms with Gasteiger partial charge >= 0.3 is 0 Å². The van der Waals surface area contributed by atoms with Crippen molar-refractivity contribution in [2.45, 2.75) is 25.3 Å². The van der Waals surface area contributed by atoms with Crippen LogP contribution in [0.2, 0.25) is 0 Å². The highest BCUT2D eigenvalue weighted by molar-refractivity contribution is 5.83. The van der Waals surface area contributed by atoms with E-state index in [2.05, 4.69) is 57.7 Å². The van der Waals surface area contributed by atoms with Crippen LogP contribution in [-0.4, -0.2) is 42.8 Å². The lowest BCUT2D eigenvalue weighted by molar-refractivity contribution is 0.289. The Balaban J connectivity index is 1.65. The third-order valence-electron chi connectivity index (χ3n) is 4.99. The third kappa shape index (κ3) is 7.03. The van der Waals surface area contributed by atoms with Gasteiger partial charge in [-0.25, -0.2) is 0 Å². The molecule has 166 valence electrons. The molecule has 1 aliphatic carbocycles. The van der Waals surface area contributed by atoms with Gasteiger partial charge < -0.3 is 15.8 Å². The molecule has 32 heavy (non-hydrogen) atoms. The lowest BCUT2D eigenvalue weighted by Gasteiger charge is -2.16. The molecular formula is C26H31N5O. The molecule has 1 atom stereocenters. The maximum Gasteiger partial charge on any atom is 0.138 e. The fourth-order valence-corrected chi connectivity index (χ4v) is 3.38. The van der Waals surface area contributed by atoms with E-state index >= 15 is 0 Å². The van der Waals surface area contributed by atoms with E-state index in [1.54, 1.807) is 18.3 Å². The van der Waals surface area contributed by atoms with Gasteiger partial charge in [0.15, 0.2) is 0 Å². The maximum absolute atomic E-state index is 6.29. The first-order valence-electron chi connectivity index (χ1n) is 10.8. The van der Waals surface area contributed by atoms with Crippen molar-refractivity contribution >= 4 is 17.6 Å². The van der Waals surface area contributed by atoms with Crippen molar-refractivity contribution in [3.05, 3.63) is 91.0 Å². The van der Waals surface area contributed by atoms with Gasteiger partial charge in [-0.15, -0.1) is 13.2 Å². The van der Waals surface area contributed by atoms with Crippen LogP contribution >= 0.6 is 0 Å². The fourth-order valence-electron chi connectivity index (χ4n) is 3.38. The van der Waals surface area contributed by atoms with E-state index in [1.165, 1.54) is 11.1 Å². The largest absolute Gasteiger partial charge is 0.490 e. The molecule has 0 saturated carbocycles. The number of pyridine rings is 1. The van der Waals surface area contributed by atoms with Crippen LogP contribution in [0.4, 0.5) is 0 Å². The second kappa shape index (κ2) is 12.4. The van der Waals surface area contributed by atoms with Crippen molar-refractivity contribution in [3.8, 4) is 5.75 Å². The summed E-state index contributed by atoms with van der Waals surface area (Å²) in [6.45, 7) is 8.97. The Hall–Kier alpha value is -3.51. The summed E-state index contributed by atoms with van der Waals surface area (Å²) in [7, 11) is 0. The normalized spacial score (nSPS) is 16.5. The first-order valence-corrected chi connectivity index (χ1v) is 10.8. The summed E-state index contributed by atoms with van der Waals surface area (Å²) in [4.78, 5) is 13.1. The SMILES string of the molecule is C=CCN=C(CC(N)COc1cncc(C2=CC3=C(CC=C2)CC=NC=C3)c1)NCC=C. The molecule has 3 rings (SSSR count). The molecule has 0 amide bonds.